The third-order valence-corrected chi connectivity index (χ3v) is 7.08. The molecule has 0 N–H and O–H groups in total. The molecule has 0 aliphatic carbocycles. The first-order valence-electron chi connectivity index (χ1n) is 6.23. The molecule has 0 saturated heterocycles. The number of sulfonamides is 1. The van der Waals surface area contributed by atoms with Crippen LogP contribution in [0.4, 0.5) is 0 Å². The SMILES string of the molecule is CC(c1cccc(Cl)c1)N(C)S(=O)(=O)c1ccsc1CCl. The van der Waals surface area contributed by atoms with E-state index >= 15 is 0 Å². The number of rotatable bonds is 5. The molecule has 0 amide bonds. The minimum absolute atomic E-state index is 0.186. The number of benzene rings is 1. The Morgan fingerprint density at radius 3 is 2.67 bits per heavy atom. The Bertz CT molecular complexity index is 728. The molecule has 1 aromatic carbocycles. The molecule has 7 heteroatoms. The van der Waals surface area contributed by atoms with Gasteiger partial charge < -0.3 is 0 Å². The number of hydrogen-bond acceptors (Lipinski definition) is 3. The molecule has 1 atom stereocenters. The predicted octanol–water partition coefficient (Wildman–Crippen LogP) is 4.52. The van der Waals surface area contributed by atoms with E-state index in [1.54, 1.807) is 30.6 Å². The van der Waals surface area contributed by atoms with Crippen LogP contribution in [0.5, 0.6) is 0 Å². The van der Waals surface area contributed by atoms with Crippen LogP contribution in [0.15, 0.2) is 40.6 Å². The van der Waals surface area contributed by atoms with Crippen LogP contribution < -0.4 is 0 Å². The standard InChI is InChI=1S/C14H15Cl2NO2S2/c1-10(11-4-3-5-12(16)8-11)17(2)21(18,19)14-6-7-20-13(14)9-15/h3-8,10H,9H2,1-2H3. The van der Waals surface area contributed by atoms with Crippen LogP contribution in [0.1, 0.15) is 23.4 Å². The highest BCUT2D eigenvalue weighted by Crippen LogP contribution is 2.31. The van der Waals surface area contributed by atoms with Crippen molar-refractivity contribution in [1.29, 1.82) is 0 Å². The fourth-order valence-electron chi connectivity index (χ4n) is 2.00. The summed E-state index contributed by atoms with van der Waals surface area (Å²) in [5, 5.41) is 2.32. The zero-order valence-electron chi connectivity index (χ0n) is 11.6. The summed E-state index contributed by atoms with van der Waals surface area (Å²) in [6.07, 6.45) is 0. The van der Waals surface area contributed by atoms with Crippen molar-refractivity contribution in [3.05, 3.63) is 51.2 Å². The molecular weight excluding hydrogens is 349 g/mol. The van der Waals surface area contributed by atoms with Crippen molar-refractivity contribution in [1.82, 2.24) is 4.31 Å². The maximum Gasteiger partial charge on any atom is 0.244 e. The van der Waals surface area contributed by atoms with Gasteiger partial charge in [0.25, 0.3) is 0 Å². The lowest BCUT2D eigenvalue weighted by Crippen LogP contribution is -2.30. The number of alkyl halides is 1. The highest BCUT2D eigenvalue weighted by Gasteiger charge is 2.29. The Labute approximate surface area is 139 Å². The molecule has 21 heavy (non-hydrogen) atoms. The predicted molar refractivity (Wildman–Crippen MR) is 88.7 cm³/mol. The smallest absolute Gasteiger partial charge is 0.207 e. The van der Waals surface area contributed by atoms with Crippen LogP contribution in [-0.4, -0.2) is 19.8 Å². The Balaban J connectivity index is 2.36. The Hall–Kier alpha value is -0.590. The summed E-state index contributed by atoms with van der Waals surface area (Å²) in [5.41, 5.74) is 0.844. The summed E-state index contributed by atoms with van der Waals surface area (Å²) in [4.78, 5) is 0.931. The third-order valence-electron chi connectivity index (χ3n) is 3.36. The lowest BCUT2D eigenvalue weighted by atomic mass is 10.1. The number of halogens is 2. The summed E-state index contributed by atoms with van der Waals surface area (Å²) in [6.45, 7) is 1.83. The summed E-state index contributed by atoms with van der Waals surface area (Å²) in [7, 11) is -2.02. The van der Waals surface area contributed by atoms with E-state index in [2.05, 4.69) is 0 Å². The maximum absolute atomic E-state index is 12.7. The Morgan fingerprint density at radius 2 is 2.05 bits per heavy atom. The second-order valence-electron chi connectivity index (χ2n) is 4.59. The van der Waals surface area contributed by atoms with Gasteiger partial charge in [-0.1, -0.05) is 23.7 Å². The highest BCUT2D eigenvalue weighted by molar-refractivity contribution is 7.89. The molecule has 3 nitrogen and oxygen atoms in total. The molecular formula is C14H15Cl2NO2S2. The molecule has 0 aliphatic heterocycles. The second kappa shape index (κ2) is 6.67. The molecule has 1 unspecified atom stereocenters. The van der Waals surface area contributed by atoms with Gasteiger partial charge in [-0.15, -0.1) is 22.9 Å². The molecule has 1 heterocycles. The van der Waals surface area contributed by atoms with Crippen molar-refractivity contribution < 1.29 is 8.42 Å². The van der Waals surface area contributed by atoms with Gasteiger partial charge in [0.2, 0.25) is 10.0 Å². The Morgan fingerprint density at radius 1 is 1.33 bits per heavy atom. The Kier molecular flexibility index (Phi) is 5.33. The van der Waals surface area contributed by atoms with Gasteiger partial charge >= 0.3 is 0 Å². The number of nitrogens with zero attached hydrogens (tertiary/aromatic N) is 1. The first-order valence-corrected chi connectivity index (χ1v) is 9.47. The molecule has 0 radical (unpaired) electrons. The summed E-state index contributed by atoms with van der Waals surface area (Å²) < 4.78 is 26.8. The van der Waals surface area contributed by atoms with E-state index in [1.165, 1.54) is 15.6 Å². The molecule has 0 bridgehead atoms. The summed E-state index contributed by atoms with van der Waals surface area (Å²) in [6, 6.07) is 8.48. The van der Waals surface area contributed by atoms with Crippen molar-refractivity contribution in [3.8, 4) is 0 Å². The van der Waals surface area contributed by atoms with Crippen LogP contribution in [-0.2, 0) is 15.9 Å². The minimum atomic E-state index is -3.58. The van der Waals surface area contributed by atoms with E-state index in [4.69, 9.17) is 23.2 Å². The molecule has 1 aromatic heterocycles. The van der Waals surface area contributed by atoms with Crippen LogP contribution in [0.25, 0.3) is 0 Å². The highest BCUT2D eigenvalue weighted by atomic mass is 35.5. The van der Waals surface area contributed by atoms with E-state index < -0.39 is 10.0 Å². The normalized spacial score (nSPS) is 13.6. The molecule has 2 rings (SSSR count). The fraction of sp³-hybridized carbons (Fsp3) is 0.286. The van der Waals surface area contributed by atoms with Gasteiger partial charge in [-0.2, -0.15) is 4.31 Å². The fourth-order valence-corrected chi connectivity index (χ4v) is 5.22. The van der Waals surface area contributed by atoms with E-state index in [-0.39, 0.29) is 16.8 Å². The zero-order chi connectivity index (χ0) is 15.6. The second-order valence-corrected chi connectivity index (χ2v) is 8.26. The van der Waals surface area contributed by atoms with Crippen molar-refractivity contribution >= 4 is 44.6 Å². The van der Waals surface area contributed by atoms with Gasteiger partial charge in [-0.05, 0) is 36.1 Å². The van der Waals surface area contributed by atoms with Gasteiger partial charge in [0.1, 0.15) is 0 Å². The lowest BCUT2D eigenvalue weighted by molar-refractivity contribution is 0.398. The minimum Gasteiger partial charge on any atom is -0.207 e. The maximum atomic E-state index is 12.7. The number of thiophene rings is 1. The molecule has 114 valence electrons. The average Bonchev–Trinajstić information content (AvgIpc) is 2.95. The van der Waals surface area contributed by atoms with Gasteiger partial charge in [-0.25, -0.2) is 8.42 Å². The summed E-state index contributed by atoms with van der Waals surface area (Å²) >= 11 is 13.1. The van der Waals surface area contributed by atoms with E-state index in [0.717, 1.165) is 5.56 Å². The van der Waals surface area contributed by atoms with Gasteiger partial charge in [0.05, 0.1) is 10.8 Å². The largest absolute Gasteiger partial charge is 0.244 e. The third kappa shape index (κ3) is 3.43. The molecule has 0 spiro atoms. The van der Waals surface area contributed by atoms with Crippen molar-refractivity contribution in [2.24, 2.45) is 0 Å². The van der Waals surface area contributed by atoms with Gasteiger partial charge in [0.15, 0.2) is 0 Å². The van der Waals surface area contributed by atoms with Crippen LogP contribution in [0, 0.1) is 0 Å². The van der Waals surface area contributed by atoms with Gasteiger partial charge in [0, 0.05) is 23.0 Å². The topological polar surface area (TPSA) is 37.4 Å². The monoisotopic (exact) mass is 363 g/mol. The molecule has 0 aliphatic rings. The summed E-state index contributed by atoms with van der Waals surface area (Å²) in [5.74, 6) is 0.186. The number of hydrogen-bond donors (Lipinski definition) is 0. The first kappa shape index (κ1) is 16.8. The first-order chi connectivity index (χ1) is 9.87. The molecule has 0 saturated carbocycles. The van der Waals surface area contributed by atoms with E-state index in [1.807, 2.05) is 19.1 Å². The average molecular weight is 364 g/mol. The van der Waals surface area contributed by atoms with Crippen LogP contribution in [0.3, 0.4) is 0 Å². The van der Waals surface area contributed by atoms with E-state index in [9.17, 15) is 8.42 Å². The van der Waals surface area contributed by atoms with Crippen molar-refractivity contribution in [2.45, 2.75) is 23.7 Å². The quantitative estimate of drug-likeness (QED) is 0.732. The van der Waals surface area contributed by atoms with Gasteiger partial charge in [-0.3, -0.25) is 0 Å². The zero-order valence-corrected chi connectivity index (χ0v) is 14.7. The van der Waals surface area contributed by atoms with Crippen LogP contribution >= 0.6 is 34.5 Å². The van der Waals surface area contributed by atoms with Crippen molar-refractivity contribution in [2.75, 3.05) is 7.05 Å². The van der Waals surface area contributed by atoms with Crippen molar-refractivity contribution in [3.63, 3.8) is 0 Å². The molecule has 2 aromatic rings. The van der Waals surface area contributed by atoms with E-state index in [0.29, 0.717) is 9.90 Å². The lowest BCUT2D eigenvalue weighted by Gasteiger charge is -2.24. The molecule has 0 fully saturated rings. The van der Waals surface area contributed by atoms with Crippen LogP contribution in [0.2, 0.25) is 5.02 Å².